The molecule has 1 fully saturated rings. The Morgan fingerprint density at radius 3 is 2.45 bits per heavy atom. The molecule has 1 aliphatic carbocycles. The summed E-state index contributed by atoms with van der Waals surface area (Å²) in [6, 6.07) is -1.47. The van der Waals surface area contributed by atoms with E-state index in [0.717, 1.165) is 6.42 Å². The molecule has 1 unspecified atom stereocenters. The fraction of sp³-hybridized carbons (Fsp3) is 0.750. The molecule has 7 nitrogen and oxygen atoms in total. The van der Waals surface area contributed by atoms with Crippen LogP contribution in [0.1, 0.15) is 32.1 Å². The van der Waals surface area contributed by atoms with Gasteiger partial charge < -0.3 is 21.5 Å². The molecule has 0 spiro atoms. The maximum absolute atomic E-state index is 12.2. The average molecular weight is 303 g/mol. The number of hydrogen-bond acceptors (Lipinski definition) is 4. The van der Waals surface area contributed by atoms with Gasteiger partial charge in [0.15, 0.2) is 0 Å². The maximum atomic E-state index is 12.2. The topological polar surface area (TPSA) is 122 Å². The van der Waals surface area contributed by atoms with Gasteiger partial charge in [-0.3, -0.25) is 9.59 Å². The van der Waals surface area contributed by atoms with Crippen molar-refractivity contribution in [3.63, 3.8) is 0 Å². The summed E-state index contributed by atoms with van der Waals surface area (Å²) < 4.78 is 0. The molecule has 1 atom stereocenters. The van der Waals surface area contributed by atoms with Gasteiger partial charge in [-0.1, -0.05) is 0 Å². The predicted molar refractivity (Wildman–Crippen MR) is 76.5 cm³/mol. The summed E-state index contributed by atoms with van der Waals surface area (Å²) in [5.41, 5.74) is 4.40. The zero-order valence-corrected chi connectivity index (χ0v) is 12.3. The van der Waals surface area contributed by atoms with E-state index in [-0.39, 0.29) is 12.3 Å². The van der Waals surface area contributed by atoms with Crippen LogP contribution in [0.25, 0.3) is 0 Å². The highest BCUT2D eigenvalue weighted by Crippen LogP contribution is 2.35. The first-order valence-corrected chi connectivity index (χ1v) is 7.87. The minimum Gasteiger partial charge on any atom is -0.481 e. The summed E-state index contributed by atoms with van der Waals surface area (Å²) in [6.07, 6.45) is 4.46. The monoisotopic (exact) mass is 303 g/mol. The standard InChI is InChI=1S/C12H21N3O4S/c1-20-6-3-8(14-11(13)19)10(18)15-12(4-2-5-12)7-9(16)17/h8H,2-7H2,1H3,(H,15,18)(H,16,17)(H3,13,14,19). The van der Waals surface area contributed by atoms with E-state index in [1.54, 1.807) is 11.8 Å². The van der Waals surface area contributed by atoms with E-state index in [1.165, 1.54) is 0 Å². The minimum absolute atomic E-state index is 0.0927. The molecule has 0 heterocycles. The zero-order chi connectivity index (χ0) is 15.2. The van der Waals surface area contributed by atoms with Gasteiger partial charge in [-0.2, -0.15) is 11.8 Å². The highest BCUT2D eigenvalue weighted by molar-refractivity contribution is 7.98. The van der Waals surface area contributed by atoms with Crippen molar-refractivity contribution in [1.29, 1.82) is 0 Å². The lowest BCUT2D eigenvalue weighted by atomic mass is 9.74. The summed E-state index contributed by atoms with van der Waals surface area (Å²) in [4.78, 5) is 34.0. The summed E-state index contributed by atoms with van der Waals surface area (Å²) in [6.45, 7) is 0. The number of carbonyl (C=O) groups excluding carboxylic acids is 2. The second kappa shape index (κ2) is 7.37. The Kier molecular flexibility index (Phi) is 6.12. The van der Waals surface area contributed by atoms with Gasteiger partial charge in [-0.05, 0) is 37.7 Å². The van der Waals surface area contributed by atoms with Crippen LogP contribution in [-0.4, -0.2) is 46.6 Å². The number of amides is 3. The Balaban J connectivity index is 2.63. The molecule has 1 aliphatic rings. The average Bonchev–Trinajstić information content (AvgIpc) is 2.30. The van der Waals surface area contributed by atoms with Crippen molar-refractivity contribution in [2.24, 2.45) is 5.73 Å². The second-order valence-corrected chi connectivity index (χ2v) is 6.02. The second-order valence-electron chi connectivity index (χ2n) is 5.04. The normalized spacial score (nSPS) is 17.6. The quantitative estimate of drug-likeness (QED) is 0.513. The Labute approximate surface area is 122 Å². The smallest absolute Gasteiger partial charge is 0.312 e. The largest absolute Gasteiger partial charge is 0.481 e. The lowest BCUT2D eigenvalue weighted by molar-refractivity contribution is -0.140. The van der Waals surface area contributed by atoms with Crippen LogP contribution in [0.4, 0.5) is 4.79 Å². The van der Waals surface area contributed by atoms with Crippen molar-refractivity contribution in [3.8, 4) is 0 Å². The van der Waals surface area contributed by atoms with Crippen molar-refractivity contribution in [2.45, 2.75) is 43.7 Å². The van der Waals surface area contributed by atoms with E-state index in [2.05, 4.69) is 10.6 Å². The van der Waals surface area contributed by atoms with Gasteiger partial charge in [0.25, 0.3) is 0 Å². The van der Waals surface area contributed by atoms with Crippen molar-refractivity contribution >= 4 is 29.7 Å². The van der Waals surface area contributed by atoms with Crippen LogP contribution >= 0.6 is 11.8 Å². The van der Waals surface area contributed by atoms with Crippen LogP contribution in [0.15, 0.2) is 0 Å². The zero-order valence-electron chi connectivity index (χ0n) is 11.5. The van der Waals surface area contributed by atoms with Crippen LogP contribution in [0.2, 0.25) is 0 Å². The maximum Gasteiger partial charge on any atom is 0.312 e. The molecule has 0 aromatic heterocycles. The Morgan fingerprint density at radius 1 is 1.40 bits per heavy atom. The predicted octanol–water partition coefficient (Wildman–Crippen LogP) is 0.290. The van der Waals surface area contributed by atoms with Gasteiger partial charge in [-0.25, -0.2) is 4.79 Å². The van der Waals surface area contributed by atoms with E-state index in [0.29, 0.717) is 25.0 Å². The lowest BCUT2D eigenvalue weighted by Crippen LogP contribution is -2.60. The summed E-state index contributed by atoms with van der Waals surface area (Å²) in [7, 11) is 0. The number of thioether (sulfide) groups is 1. The molecule has 0 saturated heterocycles. The SMILES string of the molecule is CSCCC(NC(N)=O)C(=O)NC1(CC(=O)O)CCC1. The fourth-order valence-electron chi connectivity index (χ4n) is 2.26. The molecule has 20 heavy (non-hydrogen) atoms. The van der Waals surface area contributed by atoms with E-state index >= 15 is 0 Å². The number of hydrogen-bond donors (Lipinski definition) is 4. The van der Waals surface area contributed by atoms with Crippen molar-refractivity contribution in [1.82, 2.24) is 10.6 Å². The van der Waals surface area contributed by atoms with Gasteiger partial charge in [0.1, 0.15) is 6.04 Å². The summed E-state index contributed by atoms with van der Waals surface area (Å²) in [5, 5.41) is 14.1. The van der Waals surface area contributed by atoms with Crippen molar-refractivity contribution in [3.05, 3.63) is 0 Å². The molecule has 3 amide bonds. The molecule has 0 radical (unpaired) electrons. The van der Waals surface area contributed by atoms with Crippen molar-refractivity contribution < 1.29 is 19.5 Å². The number of carboxylic acid groups (broad SMARTS) is 1. The molecular weight excluding hydrogens is 282 g/mol. The van der Waals surface area contributed by atoms with Crippen LogP contribution in [0.5, 0.6) is 0 Å². The number of primary amides is 1. The molecule has 0 aromatic rings. The molecule has 1 saturated carbocycles. The first kappa shape index (κ1) is 16.6. The fourth-order valence-corrected chi connectivity index (χ4v) is 2.74. The van der Waals surface area contributed by atoms with Gasteiger partial charge in [0, 0.05) is 0 Å². The molecule has 1 rings (SSSR count). The number of rotatable bonds is 8. The molecule has 8 heteroatoms. The number of carbonyl (C=O) groups is 3. The number of carboxylic acids is 1. The third kappa shape index (κ3) is 4.92. The van der Waals surface area contributed by atoms with Crippen LogP contribution in [0, 0.1) is 0 Å². The summed E-state index contributed by atoms with van der Waals surface area (Å²) in [5.74, 6) is -0.600. The third-order valence-corrected chi connectivity index (χ3v) is 4.08. The Hall–Kier alpha value is -1.44. The number of urea groups is 1. The molecule has 0 bridgehead atoms. The third-order valence-electron chi connectivity index (χ3n) is 3.43. The highest BCUT2D eigenvalue weighted by Gasteiger charge is 2.41. The summed E-state index contributed by atoms with van der Waals surface area (Å²) >= 11 is 1.56. The molecule has 114 valence electrons. The van der Waals surface area contributed by atoms with Gasteiger partial charge in [0.2, 0.25) is 5.91 Å². The lowest BCUT2D eigenvalue weighted by Gasteiger charge is -2.42. The van der Waals surface area contributed by atoms with E-state index < -0.39 is 23.6 Å². The molecular formula is C12H21N3O4S. The van der Waals surface area contributed by atoms with E-state index in [1.807, 2.05) is 6.26 Å². The van der Waals surface area contributed by atoms with Gasteiger partial charge in [0.05, 0.1) is 12.0 Å². The van der Waals surface area contributed by atoms with Crippen LogP contribution in [0.3, 0.4) is 0 Å². The first-order chi connectivity index (χ1) is 9.38. The number of aliphatic carboxylic acids is 1. The van der Waals surface area contributed by atoms with Gasteiger partial charge >= 0.3 is 12.0 Å². The van der Waals surface area contributed by atoms with Crippen LogP contribution in [-0.2, 0) is 9.59 Å². The number of nitrogens with one attached hydrogen (secondary N) is 2. The molecule has 0 aromatic carbocycles. The molecule has 5 N–H and O–H groups in total. The van der Waals surface area contributed by atoms with Gasteiger partial charge in [-0.15, -0.1) is 0 Å². The molecule has 0 aliphatic heterocycles. The van der Waals surface area contributed by atoms with Crippen LogP contribution < -0.4 is 16.4 Å². The van der Waals surface area contributed by atoms with E-state index in [4.69, 9.17) is 10.8 Å². The van der Waals surface area contributed by atoms with E-state index in [9.17, 15) is 14.4 Å². The highest BCUT2D eigenvalue weighted by atomic mass is 32.2. The Morgan fingerprint density at radius 2 is 2.05 bits per heavy atom. The Bertz CT molecular complexity index is 385. The minimum atomic E-state index is -0.937. The van der Waals surface area contributed by atoms with Crippen molar-refractivity contribution in [2.75, 3.05) is 12.0 Å². The number of nitrogens with two attached hydrogens (primary N) is 1. The first-order valence-electron chi connectivity index (χ1n) is 6.47.